The molecular weight excluding hydrogens is 370 g/mol. The van der Waals surface area contributed by atoms with E-state index in [2.05, 4.69) is 29.3 Å². The van der Waals surface area contributed by atoms with Crippen molar-refractivity contribution in [1.82, 2.24) is 0 Å². The molecule has 0 heterocycles. The molecule has 0 radical (unpaired) electrons. The van der Waals surface area contributed by atoms with Crippen molar-refractivity contribution in [3.05, 3.63) is 101 Å². The highest BCUT2D eigenvalue weighted by Gasteiger charge is 2.10. The van der Waals surface area contributed by atoms with Gasteiger partial charge >= 0.3 is 0 Å². The van der Waals surface area contributed by atoms with Crippen LogP contribution in [-0.2, 0) is 11.3 Å². The van der Waals surface area contributed by atoms with E-state index in [0.29, 0.717) is 5.69 Å². The molecule has 4 heteroatoms. The van der Waals surface area contributed by atoms with Crippen molar-refractivity contribution in [2.75, 3.05) is 16.8 Å². The lowest BCUT2D eigenvalue weighted by atomic mass is 10.1. The van der Waals surface area contributed by atoms with Crippen molar-refractivity contribution >= 4 is 23.4 Å². The lowest BCUT2D eigenvalue weighted by Crippen LogP contribution is -2.21. The number of benzene rings is 3. The van der Waals surface area contributed by atoms with Crippen LogP contribution in [0, 0.1) is 18.3 Å². The van der Waals surface area contributed by atoms with E-state index < -0.39 is 5.91 Å². The van der Waals surface area contributed by atoms with E-state index in [-0.39, 0.29) is 5.57 Å². The molecule has 3 aromatic carbocycles. The molecule has 0 bridgehead atoms. The molecule has 3 rings (SSSR count). The van der Waals surface area contributed by atoms with Crippen molar-refractivity contribution in [3.63, 3.8) is 0 Å². The number of aryl methyl sites for hydroxylation is 1. The topological polar surface area (TPSA) is 56.1 Å². The fourth-order valence-corrected chi connectivity index (χ4v) is 3.12. The maximum atomic E-state index is 12.4. The van der Waals surface area contributed by atoms with E-state index in [1.54, 1.807) is 6.08 Å². The summed E-state index contributed by atoms with van der Waals surface area (Å²) in [5, 5.41) is 12.2. The van der Waals surface area contributed by atoms with Gasteiger partial charge in [-0.3, -0.25) is 4.79 Å². The fourth-order valence-electron chi connectivity index (χ4n) is 3.12. The Kier molecular flexibility index (Phi) is 7.02. The molecule has 4 nitrogen and oxygen atoms in total. The van der Waals surface area contributed by atoms with E-state index >= 15 is 0 Å². The van der Waals surface area contributed by atoms with Gasteiger partial charge < -0.3 is 10.2 Å². The molecule has 3 aromatic rings. The molecule has 0 spiro atoms. The zero-order valence-electron chi connectivity index (χ0n) is 17.3. The molecule has 0 unspecified atom stereocenters. The highest BCUT2D eigenvalue weighted by atomic mass is 16.1. The summed E-state index contributed by atoms with van der Waals surface area (Å²) < 4.78 is 0. The molecule has 1 amide bonds. The quantitative estimate of drug-likeness (QED) is 0.420. The Morgan fingerprint density at radius 3 is 2.27 bits per heavy atom. The molecule has 0 aliphatic rings. The van der Waals surface area contributed by atoms with Gasteiger partial charge in [-0.1, -0.05) is 60.2 Å². The van der Waals surface area contributed by atoms with Crippen molar-refractivity contribution in [3.8, 4) is 6.07 Å². The Hall–Kier alpha value is -3.84. The van der Waals surface area contributed by atoms with Gasteiger partial charge in [0.2, 0.25) is 0 Å². The van der Waals surface area contributed by atoms with Gasteiger partial charge in [-0.15, -0.1) is 0 Å². The van der Waals surface area contributed by atoms with Gasteiger partial charge in [0, 0.05) is 24.5 Å². The largest absolute Gasteiger partial charge is 0.367 e. The van der Waals surface area contributed by atoms with E-state index in [1.807, 2.05) is 79.7 Å². The molecular formula is C26H25N3O. The minimum atomic E-state index is -0.412. The van der Waals surface area contributed by atoms with E-state index in [1.165, 1.54) is 5.56 Å². The molecule has 0 saturated heterocycles. The summed E-state index contributed by atoms with van der Waals surface area (Å²) in [6, 6.07) is 27.7. The van der Waals surface area contributed by atoms with Crippen LogP contribution in [0.4, 0.5) is 11.4 Å². The minimum Gasteiger partial charge on any atom is -0.367 e. The summed E-state index contributed by atoms with van der Waals surface area (Å²) in [5.41, 5.74) is 5.01. The average molecular weight is 396 g/mol. The van der Waals surface area contributed by atoms with Gasteiger partial charge in [0.25, 0.3) is 5.91 Å². The number of nitrogens with zero attached hydrogens (tertiary/aromatic N) is 2. The smallest absolute Gasteiger partial charge is 0.266 e. The zero-order valence-corrected chi connectivity index (χ0v) is 17.3. The molecule has 30 heavy (non-hydrogen) atoms. The lowest BCUT2D eigenvalue weighted by Gasteiger charge is -2.23. The van der Waals surface area contributed by atoms with Crippen LogP contribution in [0.2, 0.25) is 0 Å². The van der Waals surface area contributed by atoms with Crippen LogP contribution >= 0.6 is 0 Å². The summed E-state index contributed by atoms with van der Waals surface area (Å²) in [5.74, 6) is -0.412. The molecule has 0 atom stereocenters. The van der Waals surface area contributed by atoms with Gasteiger partial charge in [-0.25, -0.2) is 0 Å². The summed E-state index contributed by atoms with van der Waals surface area (Å²) in [6.45, 7) is 5.82. The average Bonchev–Trinajstić information content (AvgIpc) is 2.78. The number of nitriles is 1. The van der Waals surface area contributed by atoms with Crippen LogP contribution in [0.15, 0.2) is 84.4 Å². The first kappa shape index (κ1) is 20.9. The third-order valence-corrected chi connectivity index (χ3v) is 4.84. The van der Waals surface area contributed by atoms with Crippen molar-refractivity contribution in [2.24, 2.45) is 0 Å². The predicted octanol–water partition coefficient (Wildman–Crippen LogP) is 5.57. The molecule has 150 valence electrons. The van der Waals surface area contributed by atoms with Crippen molar-refractivity contribution < 1.29 is 4.79 Å². The van der Waals surface area contributed by atoms with E-state index in [4.69, 9.17) is 0 Å². The number of rotatable bonds is 7. The van der Waals surface area contributed by atoms with Gasteiger partial charge in [-0.2, -0.15) is 5.26 Å². The number of anilines is 2. The van der Waals surface area contributed by atoms with Crippen LogP contribution < -0.4 is 10.2 Å². The van der Waals surface area contributed by atoms with Gasteiger partial charge in [0.1, 0.15) is 11.6 Å². The maximum absolute atomic E-state index is 12.4. The Morgan fingerprint density at radius 2 is 1.67 bits per heavy atom. The van der Waals surface area contributed by atoms with Crippen LogP contribution in [0.3, 0.4) is 0 Å². The van der Waals surface area contributed by atoms with E-state index in [9.17, 15) is 10.1 Å². The first-order chi connectivity index (χ1) is 14.6. The third-order valence-electron chi connectivity index (χ3n) is 4.84. The number of hydrogen-bond donors (Lipinski definition) is 1. The Bertz CT molecular complexity index is 1050. The normalized spacial score (nSPS) is 10.9. The Labute approximate surface area is 178 Å². The molecule has 0 aromatic heterocycles. The monoisotopic (exact) mass is 395 g/mol. The van der Waals surface area contributed by atoms with Crippen molar-refractivity contribution in [2.45, 2.75) is 20.4 Å². The molecule has 0 saturated carbocycles. The second-order valence-corrected chi connectivity index (χ2v) is 7.08. The standard InChI is InChI=1S/C26H25N3O/c1-3-29(19-22-7-5-4-6-8-22)25-15-11-21(12-16-25)17-23(18-27)26(30)28-24-13-9-20(2)10-14-24/h4-17H,3,19H2,1-2H3,(H,28,30)/b23-17+. The van der Waals surface area contributed by atoms with Gasteiger partial charge in [0.15, 0.2) is 0 Å². The SMILES string of the molecule is CCN(Cc1ccccc1)c1ccc(/C=C(\C#N)C(=O)Nc2ccc(C)cc2)cc1. The second-order valence-electron chi connectivity index (χ2n) is 7.08. The lowest BCUT2D eigenvalue weighted by molar-refractivity contribution is -0.112. The van der Waals surface area contributed by atoms with Crippen LogP contribution in [-0.4, -0.2) is 12.5 Å². The first-order valence-electron chi connectivity index (χ1n) is 9.98. The van der Waals surface area contributed by atoms with Gasteiger partial charge in [-0.05, 0) is 55.3 Å². The first-order valence-corrected chi connectivity index (χ1v) is 9.98. The Balaban J connectivity index is 1.71. The fraction of sp³-hybridized carbons (Fsp3) is 0.154. The van der Waals surface area contributed by atoms with Crippen LogP contribution in [0.1, 0.15) is 23.6 Å². The number of carbonyl (C=O) groups is 1. The highest BCUT2D eigenvalue weighted by Crippen LogP contribution is 2.20. The third kappa shape index (κ3) is 5.59. The number of nitrogens with one attached hydrogen (secondary N) is 1. The Morgan fingerprint density at radius 1 is 1.00 bits per heavy atom. The van der Waals surface area contributed by atoms with Gasteiger partial charge in [0.05, 0.1) is 0 Å². The summed E-state index contributed by atoms with van der Waals surface area (Å²) >= 11 is 0. The van der Waals surface area contributed by atoms with Crippen LogP contribution in [0.25, 0.3) is 6.08 Å². The number of carbonyl (C=O) groups excluding carboxylic acids is 1. The molecule has 0 aliphatic heterocycles. The van der Waals surface area contributed by atoms with Crippen LogP contribution in [0.5, 0.6) is 0 Å². The maximum Gasteiger partial charge on any atom is 0.266 e. The summed E-state index contributed by atoms with van der Waals surface area (Å²) in [4.78, 5) is 14.7. The van der Waals surface area contributed by atoms with Crippen molar-refractivity contribution in [1.29, 1.82) is 5.26 Å². The number of hydrogen-bond acceptors (Lipinski definition) is 3. The zero-order chi connectivity index (χ0) is 21.3. The minimum absolute atomic E-state index is 0.0694. The molecule has 0 fully saturated rings. The molecule has 0 aliphatic carbocycles. The second kappa shape index (κ2) is 10.1. The summed E-state index contributed by atoms with van der Waals surface area (Å²) in [7, 11) is 0. The van der Waals surface area contributed by atoms with E-state index in [0.717, 1.165) is 29.9 Å². The number of amides is 1. The summed E-state index contributed by atoms with van der Waals surface area (Å²) in [6.07, 6.45) is 1.61. The predicted molar refractivity (Wildman–Crippen MR) is 123 cm³/mol. The highest BCUT2D eigenvalue weighted by molar-refractivity contribution is 6.09. The molecule has 1 N–H and O–H groups in total.